The van der Waals surface area contributed by atoms with Gasteiger partial charge in [0.15, 0.2) is 0 Å². The third-order valence-electron chi connectivity index (χ3n) is 5.15. The molecule has 37 heavy (non-hydrogen) atoms. The predicted octanol–water partition coefficient (Wildman–Crippen LogP) is 3.03. The maximum Gasteiger partial charge on any atom is 1.00 e. The molecule has 2 atom stereocenters. The van der Waals surface area contributed by atoms with Gasteiger partial charge in [-0.2, -0.15) is 60.1 Å². The van der Waals surface area contributed by atoms with E-state index >= 15 is 0 Å². The zero-order valence-electron chi connectivity index (χ0n) is 20.4. The largest absolute Gasteiger partial charge is 1.00 e. The van der Waals surface area contributed by atoms with Crippen molar-refractivity contribution in [2.45, 2.75) is 18.3 Å². The Labute approximate surface area is 262 Å². The molecule has 1 heterocycles. The van der Waals surface area contributed by atoms with E-state index in [1.807, 2.05) is 25.3 Å². The molecule has 0 aliphatic heterocycles. The number of hydrogen-bond donors (Lipinski definition) is 2. The molecule has 0 aliphatic rings. The van der Waals surface area contributed by atoms with Gasteiger partial charge in [0.05, 0.1) is 18.1 Å². The van der Waals surface area contributed by atoms with Gasteiger partial charge in [-0.15, -0.1) is 16.4 Å². The molecule has 0 spiro atoms. The molecule has 0 radical (unpaired) electrons. The summed E-state index contributed by atoms with van der Waals surface area (Å²) in [6.45, 7) is 1.84. The average Bonchev–Trinajstić information content (AvgIpc) is 2.89. The van der Waals surface area contributed by atoms with Crippen LogP contribution in [0.4, 0.5) is 8.78 Å². The van der Waals surface area contributed by atoms with Crippen molar-refractivity contribution in [1.29, 1.82) is 0 Å². The number of phenolic OH excluding ortho intramolecular Hbond substituents is 1. The quantitative estimate of drug-likeness (QED) is 0.264. The number of halogens is 2. The standard InChI is InChI=1S/C18H17FO3S.C11H7FN.K/c1-12-8-16(21)7-4-14(12)9-17(10-20)23-11-18(22)13-2-5-15(19)6-3-13;12-11-6-10(7-13-8-11)9-4-2-1-3-5-9;/h2-9,17-18,21-22H,11H2,1H3;2-8H;/q-2;-1;+1/t17-,18?;;/m1../s1. The number of pyridine rings is 1. The smallest absolute Gasteiger partial charge is 0.541 e. The number of aromatic nitrogens is 1. The molecule has 0 saturated heterocycles. The van der Waals surface area contributed by atoms with Gasteiger partial charge in [0, 0.05) is 11.9 Å². The van der Waals surface area contributed by atoms with E-state index in [-0.39, 0.29) is 68.8 Å². The zero-order valence-corrected chi connectivity index (χ0v) is 24.4. The maximum absolute atomic E-state index is 12.9. The molecule has 3 aromatic carbocycles. The topological polar surface area (TPSA) is 70.4 Å². The number of nitrogens with zero attached hydrogens (tertiary/aromatic N) is 1. The number of phenols is 1. The SMILES string of the molecule is Cc1cc(O)ccc1[CH-][C@H]([C-]=O)SCC(O)c1ccc(F)cc1.Fc1cncc(-c2cc[c-]cc2)c1.[K+]. The van der Waals surface area contributed by atoms with Crippen LogP contribution in [0.3, 0.4) is 0 Å². The number of hydrogen-bond acceptors (Lipinski definition) is 5. The van der Waals surface area contributed by atoms with Gasteiger partial charge in [-0.25, -0.2) is 8.78 Å². The van der Waals surface area contributed by atoms with Crippen LogP contribution in [0.25, 0.3) is 11.1 Å². The summed E-state index contributed by atoms with van der Waals surface area (Å²) in [5.74, 6) is -0.209. The number of benzene rings is 3. The van der Waals surface area contributed by atoms with Gasteiger partial charge in [0.1, 0.15) is 11.6 Å². The van der Waals surface area contributed by atoms with Crippen molar-refractivity contribution in [3.05, 3.63) is 126 Å². The number of aliphatic hydroxyl groups excluding tert-OH is 1. The van der Waals surface area contributed by atoms with E-state index in [1.54, 1.807) is 42.9 Å². The van der Waals surface area contributed by atoms with Crippen LogP contribution >= 0.6 is 11.8 Å². The van der Waals surface area contributed by atoms with E-state index in [2.05, 4.69) is 11.1 Å². The van der Waals surface area contributed by atoms with Crippen LogP contribution in [0.2, 0.25) is 0 Å². The Morgan fingerprint density at radius 2 is 1.70 bits per heavy atom. The van der Waals surface area contributed by atoms with E-state index in [0.29, 0.717) is 11.3 Å². The first kappa shape index (κ1) is 31.2. The molecule has 8 heteroatoms. The number of aliphatic hydroxyl groups is 1. The zero-order chi connectivity index (χ0) is 25.9. The van der Waals surface area contributed by atoms with Crippen LogP contribution in [-0.2, 0) is 4.79 Å². The van der Waals surface area contributed by atoms with E-state index in [0.717, 1.165) is 22.3 Å². The van der Waals surface area contributed by atoms with Crippen molar-refractivity contribution in [1.82, 2.24) is 4.98 Å². The van der Waals surface area contributed by atoms with Crippen LogP contribution < -0.4 is 51.4 Å². The summed E-state index contributed by atoms with van der Waals surface area (Å²) in [6, 6.07) is 22.2. The Morgan fingerprint density at radius 1 is 1.00 bits per heavy atom. The summed E-state index contributed by atoms with van der Waals surface area (Å²) in [5, 5.41) is 19.0. The van der Waals surface area contributed by atoms with Crippen molar-refractivity contribution in [2.24, 2.45) is 0 Å². The van der Waals surface area contributed by atoms with Gasteiger partial charge < -0.3 is 15.0 Å². The van der Waals surface area contributed by atoms with Crippen molar-refractivity contribution in [3.8, 4) is 16.9 Å². The molecule has 0 saturated carbocycles. The Balaban J connectivity index is 0.000000291. The molecular weight excluding hydrogens is 519 g/mol. The molecule has 1 aromatic heterocycles. The molecule has 1 unspecified atom stereocenters. The van der Waals surface area contributed by atoms with Crippen LogP contribution in [0.1, 0.15) is 22.8 Å². The average molecular weight is 544 g/mol. The van der Waals surface area contributed by atoms with Gasteiger partial charge >= 0.3 is 51.4 Å². The fourth-order valence-electron chi connectivity index (χ4n) is 3.25. The second-order valence-corrected chi connectivity index (χ2v) is 9.00. The van der Waals surface area contributed by atoms with E-state index in [1.165, 1.54) is 48.3 Å². The van der Waals surface area contributed by atoms with E-state index in [9.17, 15) is 23.8 Å². The predicted molar refractivity (Wildman–Crippen MR) is 138 cm³/mol. The number of carbonyl (C=O) groups excluding carboxylic acids is 1. The van der Waals surface area contributed by atoms with Crippen molar-refractivity contribution in [3.63, 3.8) is 0 Å². The fourth-order valence-corrected chi connectivity index (χ4v) is 4.14. The fraction of sp³-hybridized carbons (Fsp3) is 0.138. The van der Waals surface area contributed by atoms with Gasteiger partial charge in [-0.1, -0.05) is 31.2 Å². The monoisotopic (exact) mass is 543 g/mol. The molecule has 4 aromatic rings. The number of aryl methyl sites for hydroxylation is 1. The minimum absolute atomic E-state index is 0. The van der Waals surface area contributed by atoms with Crippen LogP contribution in [0.5, 0.6) is 5.75 Å². The van der Waals surface area contributed by atoms with E-state index < -0.39 is 11.4 Å². The van der Waals surface area contributed by atoms with Crippen molar-refractivity contribution < 1.29 is 75.2 Å². The molecule has 4 rings (SSSR count). The summed E-state index contributed by atoms with van der Waals surface area (Å²) >= 11 is 1.25. The first-order valence-corrected chi connectivity index (χ1v) is 12.0. The van der Waals surface area contributed by atoms with E-state index in [4.69, 9.17) is 0 Å². The van der Waals surface area contributed by atoms with Crippen LogP contribution in [-0.4, -0.2) is 32.5 Å². The van der Waals surface area contributed by atoms with Gasteiger partial charge in [-0.05, 0) is 29.3 Å². The van der Waals surface area contributed by atoms with Crippen LogP contribution in [0, 0.1) is 31.0 Å². The van der Waals surface area contributed by atoms with Gasteiger partial charge in [-0.3, -0.25) is 11.3 Å². The number of thioether (sulfide) groups is 1. The molecule has 0 fully saturated rings. The van der Waals surface area contributed by atoms with Crippen molar-refractivity contribution >= 4 is 18.0 Å². The Hall–Kier alpha value is -2.04. The first-order valence-electron chi connectivity index (χ1n) is 11.0. The summed E-state index contributed by atoms with van der Waals surface area (Å²) in [7, 11) is 0. The number of aromatic hydroxyl groups is 1. The third kappa shape index (κ3) is 10.3. The van der Waals surface area contributed by atoms with Gasteiger partial charge in [0.2, 0.25) is 0 Å². The molecule has 2 N–H and O–H groups in total. The molecule has 0 amide bonds. The number of rotatable bonds is 8. The summed E-state index contributed by atoms with van der Waals surface area (Å²) in [6.07, 6.45) is 5.72. The second kappa shape index (κ2) is 16.0. The van der Waals surface area contributed by atoms with Crippen LogP contribution in [0.15, 0.2) is 85.2 Å². The summed E-state index contributed by atoms with van der Waals surface area (Å²) in [4.78, 5) is 14.9. The Morgan fingerprint density at radius 3 is 2.32 bits per heavy atom. The second-order valence-electron chi connectivity index (χ2n) is 7.83. The molecule has 0 bridgehead atoms. The third-order valence-corrected chi connectivity index (χ3v) is 6.24. The minimum Gasteiger partial charge on any atom is -0.541 e. The van der Waals surface area contributed by atoms with Crippen molar-refractivity contribution in [2.75, 3.05) is 5.75 Å². The molecule has 0 aliphatic carbocycles. The van der Waals surface area contributed by atoms with Gasteiger partial charge in [0.25, 0.3) is 0 Å². The maximum atomic E-state index is 12.9. The molecule has 186 valence electrons. The summed E-state index contributed by atoms with van der Waals surface area (Å²) in [5.41, 5.74) is 4.02. The summed E-state index contributed by atoms with van der Waals surface area (Å²) < 4.78 is 25.6. The first-order chi connectivity index (χ1) is 17.4. The molecule has 4 nitrogen and oxygen atoms in total. The normalized spacial score (nSPS) is 11.8. The molecular formula is C29H24F2KNO3S-2. The minimum atomic E-state index is -0.786. The Bertz CT molecular complexity index is 1260. The Kier molecular flexibility index (Phi) is 13.5.